The number of ether oxygens (including phenoxy) is 3. The van der Waals surface area contributed by atoms with E-state index in [0.29, 0.717) is 55.4 Å². The maximum Gasteiger partial charge on any atom is 0.573 e. The zero-order valence-electron chi connectivity index (χ0n) is 21.4. The first-order valence-corrected chi connectivity index (χ1v) is 12.5. The molecule has 0 unspecified atom stereocenters. The van der Waals surface area contributed by atoms with Crippen molar-refractivity contribution in [1.29, 1.82) is 5.26 Å². The quantitative estimate of drug-likeness (QED) is 0.196. The fourth-order valence-corrected chi connectivity index (χ4v) is 4.05. The van der Waals surface area contributed by atoms with Gasteiger partial charge in [0, 0.05) is 24.8 Å². The molecule has 0 aliphatic rings. The van der Waals surface area contributed by atoms with Crippen LogP contribution in [0.15, 0.2) is 53.6 Å². The molecular formula is C27H27F3N6O4. The summed E-state index contributed by atoms with van der Waals surface area (Å²) in [4.78, 5) is 11.6. The Bertz CT molecular complexity index is 1510. The molecule has 10 nitrogen and oxygen atoms in total. The van der Waals surface area contributed by atoms with Gasteiger partial charge in [-0.25, -0.2) is 5.10 Å². The van der Waals surface area contributed by atoms with Crippen molar-refractivity contribution in [3.63, 3.8) is 0 Å². The number of H-pyrrole nitrogens is 2. The van der Waals surface area contributed by atoms with Crippen LogP contribution in [0.2, 0.25) is 0 Å². The number of hydrogen-bond donors (Lipinski definition) is 3. The van der Waals surface area contributed by atoms with Crippen molar-refractivity contribution in [2.24, 2.45) is 0 Å². The van der Waals surface area contributed by atoms with Crippen LogP contribution in [-0.4, -0.2) is 53.1 Å². The van der Waals surface area contributed by atoms with Gasteiger partial charge in [-0.2, -0.15) is 15.5 Å². The molecule has 210 valence electrons. The van der Waals surface area contributed by atoms with E-state index in [9.17, 15) is 18.0 Å². The zero-order chi connectivity index (χ0) is 28.4. The monoisotopic (exact) mass is 556 g/mol. The Balaban J connectivity index is 1.16. The first-order valence-electron chi connectivity index (χ1n) is 12.5. The molecule has 4 rings (SSSR count). The van der Waals surface area contributed by atoms with Gasteiger partial charge in [0.1, 0.15) is 18.1 Å². The second-order valence-electron chi connectivity index (χ2n) is 8.85. The molecule has 0 aliphatic heterocycles. The molecule has 0 atom stereocenters. The lowest BCUT2D eigenvalue weighted by Gasteiger charge is -2.12. The van der Waals surface area contributed by atoms with E-state index in [4.69, 9.17) is 14.7 Å². The topological polar surface area (TPSA) is 138 Å². The molecular weight excluding hydrogens is 529 g/mol. The van der Waals surface area contributed by atoms with Crippen LogP contribution >= 0.6 is 0 Å². The third-order valence-corrected chi connectivity index (χ3v) is 5.77. The first-order chi connectivity index (χ1) is 19.3. The highest BCUT2D eigenvalue weighted by Gasteiger charge is 2.31. The van der Waals surface area contributed by atoms with E-state index in [1.165, 1.54) is 18.2 Å². The van der Waals surface area contributed by atoms with Crippen LogP contribution in [0.25, 0.3) is 22.0 Å². The van der Waals surface area contributed by atoms with Crippen LogP contribution in [0, 0.1) is 11.3 Å². The van der Waals surface area contributed by atoms with E-state index < -0.39 is 6.36 Å². The number of hydrogen-bond acceptors (Lipinski definition) is 8. The standard InChI is InChI=1S/C27H27F3N6O4/c28-27(29,30)40-22-10-18(3-4-31)9-19(11-22)15-32-5-1-2-6-38-7-8-39-25-13-20(12-24-23(25)17-34-35-24)21-14-26(37)36-33-16-21/h9-14,16-17,32H,1-3,5-8,15H2,(H,34,35)(H,36,37). The number of nitriles is 1. The van der Waals surface area contributed by atoms with Crippen LogP contribution in [-0.2, 0) is 17.7 Å². The predicted octanol–water partition coefficient (Wildman–Crippen LogP) is 4.24. The summed E-state index contributed by atoms with van der Waals surface area (Å²) in [5, 5.41) is 26.0. The number of aromatic nitrogens is 4. The summed E-state index contributed by atoms with van der Waals surface area (Å²) in [7, 11) is 0. The van der Waals surface area contributed by atoms with Gasteiger partial charge in [0.25, 0.3) is 5.56 Å². The second kappa shape index (κ2) is 13.6. The summed E-state index contributed by atoms with van der Waals surface area (Å²) in [6.07, 6.45) is 0.00718. The van der Waals surface area contributed by atoms with Crippen molar-refractivity contribution in [1.82, 2.24) is 25.7 Å². The average molecular weight is 557 g/mol. The Labute approximate surface area is 227 Å². The Morgan fingerprint density at radius 2 is 1.75 bits per heavy atom. The number of unbranched alkanes of at least 4 members (excludes halogenated alkanes) is 1. The van der Waals surface area contributed by atoms with Crippen molar-refractivity contribution < 1.29 is 27.4 Å². The molecule has 0 spiro atoms. The number of aromatic amines is 2. The summed E-state index contributed by atoms with van der Waals surface area (Å²) in [5.41, 5.74) is 2.94. The maximum atomic E-state index is 12.6. The van der Waals surface area contributed by atoms with E-state index in [-0.39, 0.29) is 17.7 Å². The number of nitrogens with zero attached hydrogens (tertiary/aromatic N) is 3. The van der Waals surface area contributed by atoms with E-state index in [1.54, 1.807) is 18.5 Å². The van der Waals surface area contributed by atoms with Gasteiger partial charge < -0.3 is 19.5 Å². The molecule has 0 radical (unpaired) electrons. The molecule has 40 heavy (non-hydrogen) atoms. The lowest BCUT2D eigenvalue weighted by molar-refractivity contribution is -0.274. The van der Waals surface area contributed by atoms with Crippen molar-refractivity contribution in [3.8, 4) is 28.7 Å². The Kier molecular flexibility index (Phi) is 9.71. The molecule has 0 saturated carbocycles. The second-order valence-corrected chi connectivity index (χ2v) is 8.85. The SMILES string of the molecule is N#CCc1cc(CNCCCCOCCOc2cc(-c3cn[nH]c(=O)c3)cc3[nH]ncc23)cc(OC(F)(F)F)c1. The number of rotatable bonds is 14. The van der Waals surface area contributed by atoms with Gasteiger partial charge in [0.2, 0.25) is 0 Å². The number of fused-ring (bicyclic) bond motifs is 1. The van der Waals surface area contributed by atoms with Gasteiger partial charge in [-0.3, -0.25) is 9.89 Å². The highest BCUT2D eigenvalue weighted by molar-refractivity contribution is 5.89. The molecule has 0 saturated heterocycles. The van der Waals surface area contributed by atoms with Gasteiger partial charge in [-0.1, -0.05) is 6.07 Å². The van der Waals surface area contributed by atoms with Gasteiger partial charge in [0.15, 0.2) is 0 Å². The fourth-order valence-electron chi connectivity index (χ4n) is 4.05. The summed E-state index contributed by atoms with van der Waals surface area (Å²) < 4.78 is 53.3. The summed E-state index contributed by atoms with van der Waals surface area (Å²) >= 11 is 0. The minimum absolute atomic E-state index is 0.00681. The molecule has 13 heteroatoms. The van der Waals surface area contributed by atoms with Crippen molar-refractivity contribution >= 4 is 10.9 Å². The third-order valence-electron chi connectivity index (χ3n) is 5.77. The molecule has 0 bridgehead atoms. The Hall–Kier alpha value is -4.41. The molecule has 2 heterocycles. The van der Waals surface area contributed by atoms with Gasteiger partial charge in [-0.05, 0) is 60.3 Å². The minimum Gasteiger partial charge on any atom is -0.490 e. The van der Waals surface area contributed by atoms with E-state index in [2.05, 4.69) is 30.4 Å². The van der Waals surface area contributed by atoms with Gasteiger partial charge in [0.05, 0.1) is 42.4 Å². The van der Waals surface area contributed by atoms with Gasteiger partial charge in [-0.15, -0.1) is 13.2 Å². The van der Waals surface area contributed by atoms with E-state index >= 15 is 0 Å². The van der Waals surface area contributed by atoms with Crippen LogP contribution in [0.4, 0.5) is 13.2 Å². The van der Waals surface area contributed by atoms with Gasteiger partial charge >= 0.3 is 6.36 Å². The molecule has 0 aliphatic carbocycles. The minimum atomic E-state index is -4.79. The smallest absolute Gasteiger partial charge is 0.490 e. The van der Waals surface area contributed by atoms with Crippen molar-refractivity contribution in [2.45, 2.75) is 32.2 Å². The molecule has 4 aromatic rings. The number of nitrogens with one attached hydrogen (secondary N) is 3. The average Bonchev–Trinajstić information content (AvgIpc) is 3.38. The van der Waals surface area contributed by atoms with Crippen molar-refractivity contribution in [3.05, 3.63) is 70.3 Å². The highest BCUT2D eigenvalue weighted by Crippen LogP contribution is 2.31. The normalized spacial score (nSPS) is 11.4. The van der Waals surface area contributed by atoms with E-state index in [0.717, 1.165) is 29.3 Å². The summed E-state index contributed by atoms with van der Waals surface area (Å²) in [5.74, 6) is 0.275. The predicted molar refractivity (Wildman–Crippen MR) is 140 cm³/mol. The number of benzene rings is 2. The Morgan fingerprint density at radius 3 is 2.55 bits per heavy atom. The molecule has 0 amide bonds. The van der Waals surface area contributed by atoms with Crippen LogP contribution in [0.3, 0.4) is 0 Å². The zero-order valence-corrected chi connectivity index (χ0v) is 21.4. The lowest BCUT2D eigenvalue weighted by Crippen LogP contribution is -2.18. The molecule has 2 aromatic heterocycles. The largest absolute Gasteiger partial charge is 0.573 e. The fraction of sp³-hybridized carbons (Fsp3) is 0.333. The summed E-state index contributed by atoms with van der Waals surface area (Å²) in [6.45, 7) is 2.19. The van der Waals surface area contributed by atoms with Crippen LogP contribution in [0.5, 0.6) is 11.5 Å². The van der Waals surface area contributed by atoms with Crippen LogP contribution in [0.1, 0.15) is 24.0 Å². The molecule has 2 aromatic carbocycles. The maximum absolute atomic E-state index is 12.6. The van der Waals surface area contributed by atoms with Crippen LogP contribution < -0.4 is 20.3 Å². The van der Waals surface area contributed by atoms with E-state index in [1.807, 2.05) is 18.2 Å². The molecule has 3 N–H and O–H groups in total. The number of alkyl halides is 3. The summed E-state index contributed by atoms with van der Waals surface area (Å²) in [6, 6.07) is 11.3. The Morgan fingerprint density at radius 1 is 0.925 bits per heavy atom. The molecule has 0 fully saturated rings. The highest BCUT2D eigenvalue weighted by atomic mass is 19.4. The number of halogens is 3. The third kappa shape index (κ3) is 8.55. The first kappa shape index (κ1) is 28.6. The lowest BCUT2D eigenvalue weighted by atomic mass is 10.1. The van der Waals surface area contributed by atoms with Crippen molar-refractivity contribution in [2.75, 3.05) is 26.4 Å².